The molecule has 1 N–H and O–H groups in total. The average molecular weight is 315 g/mol. The first-order valence-corrected chi connectivity index (χ1v) is 7.12. The third kappa shape index (κ3) is 4.12. The zero-order valence-electron chi connectivity index (χ0n) is 10.5. The van der Waals surface area contributed by atoms with E-state index in [2.05, 4.69) is 18.3 Å². The molecule has 1 atom stereocenters. The highest BCUT2D eigenvalue weighted by Crippen LogP contribution is 2.23. The molecule has 2 aromatic carbocycles. The Morgan fingerprint density at radius 1 is 1.00 bits per heavy atom. The molecule has 0 amide bonds. The summed E-state index contributed by atoms with van der Waals surface area (Å²) in [6.45, 7) is 2.83. The average Bonchev–Trinajstić information content (AvgIpc) is 2.40. The van der Waals surface area contributed by atoms with E-state index in [1.54, 1.807) is 0 Å². The fourth-order valence-electron chi connectivity index (χ4n) is 1.81. The molecule has 0 heterocycles. The molecule has 0 saturated heterocycles. The van der Waals surface area contributed by atoms with Gasteiger partial charge in [-0.25, -0.2) is 0 Å². The molecule has 0 fully saturated rings. The van der Waals surface area contributed by atoms with Crippen LogP contribution in [0.4, 0.5) is 0 Å². The Hall–Kier alpha value is -0.730. The minimum absolute atomic E-state index is 0.216. The summed E-state index contributed by atoms with van der Waals surface area (Å²) in [5.74, 6) is 0. The highest BCUT2D eigenvalue weighted by molar-refractivity contribution is 6.42. The summed E-state index contributed by atoms with van der Waals surface area (Å²) in [6.07, 6.45) is 0. The maximum atomic E-state index is 5.99. The summed E-state index contributed by atoms with van der Waals surface area (Å²) >= 11 is 17.9. The van der Waals surface area contributed by atoms with Gasteiger partial charge in [0.05, 0.1) is 10.0 Å². The lowest BCUT2D eigenvalue weighted by Gasteiger charge is -2.15. The van der Waals surface area contributed by atoms with Crippen molar-refractivity contribution in [2.75, 3.05) is 0 Å². The number of nitrogens with one attached hydrogen (secondary N) is 1. The van der Waals surface area contributed by atoms with Gasteiger partial charge in [-0.05, 0) is 42.3 Å². The van der Waals surface area contributed by atoms with Gasteiger partial charge in [0, 0.05) is 17.6 Å². The molecule has 4 heteroatoms. The summed E-state index contributed by atoms with van der Waals surface area (Å²) in [6, 6.07) is 13.7. The molecule has 19 heavy (non-hydrogen) atoms. The largest absolute Gasteiger partial charge is 0.306 e. The van der Waals surface area contributed by atoms with Gasteiger partial charge in [-0.2, -0.15) is 0 Å². The molecule has 2 rings (SSSR count). The molecule has 2 aromatic rings. The molecule has 1 nitrogen and oxygen atoms in total. The highest BCUT2D eigenvalue weighted by atomic mass is 35.5. The Labute approximate surface area is 128 Å². The second-order valence-corrected chi connectivity index (χ2v) is 5.66. The number of benzene rings is 2. The van der Waals surface area contributed by atoms with Gasteiger partial charge >= 0.3 is 0 Å². The Kier molecular flexibility index (Phi) is 5.12. The standard InChI is InChI=1S/C15H14Cl3N/c1-10(12-3-2-4-13(16)8-12)19-9-11-5-6-14(17)15(18)7-11/h2-8,10,19H,9H2,1H3. The van der Waals surface area contributed by atoms with Crippen LogP contribution in [0.1, 0.15) is 24.1 Å². The fraction of sp³-hybridized carbons (Fsp3) is 0.200. The van der Waals surface area contributed by atoms with Crippen molar-refractivity contribution in [1.29, 1.82) is 0 Å². The first-order valence-electron chi connectivity index (χ1n) is 5.99. The predicted molar refractivity (Wildman–Crippen MR) is 83.2 cm³/mol. The van der Waals surface area contributed by atoms with Crippen LogP contribution in [0.5, 0.6) is 0 Å². The third-order valence-corrected chi connectivity index (χ3v) is 3.92. The number of halogens is 3. The van der Waals surface area contributed by atoms with E-state index in [0.29, 0.717) is 10.0 Å². The van der Waals surface area contributed by atoms with E-state index in [-0.39, 0.29) is 6.04 Å². The van der Waals surface area contributed by atoms with Crippen LogP contribution in [0.3, 0.4) is 0 Å². The second-order valence-electron chi connectivity index (χ2n) is 4.41. The van der Waals surface area contributed by atoms with Gasteiger partial charge in [0.15, 0.2) is 0 Å². The van der Waals surface area contributed by atoms with Gasteiger partial charge in [-0.3, -0.25) is 0 Å². The van der Waals surface area contributed by atoms with E-state index in [0.717, 1.165) is 22.7 Å². The molecule has 0 aliphatic heterocycles. The molecule has 0 aliphatic rings. The Morgan fingerprint density at radius 2 is 1.79 bits per heavy atom. The van der Waals surface area contributed by atoms with Crippen LogP contribution in [0.25, 0.3) is 0 Å². The lowest BCUT2D eigenvalue weighted by molar-refractivity contribution is 0.575. The summed E-state index contributed by atoms with van der Waals surface area (Å²) in [5, 5.41) is 5.34. The van der Waals surface area contributed by atoms with Gasteiger partial charge in [-0.1, -0.05) is 53.0 Å². The zero-order chi connectivity index (χ0) is 13.8. The normalized spacial score (nSPS) is 12.4. The lowest BCUT2D eigenvalue weighted by atomic mass is 10.1. The van der Waals surface area contributed by atoms with Crippen molar-refractivity contribution in [3.63, 3.8) is 0 Å². The van der Waals surface area contributed by atoms with E-state index in [4.69, 9.17) is 34.8 Å². The van der Waals surface area contributed by atoms with Crippen molar-refractivity contribution in [2.24, 2.45) is 0 Å². The molecule has 0 aliphatic carbocycles. The maximum absolute atomic E-state index is 5.99. The third-order valence-electron chi connectivity index (χ3n) is 2.95. The highest BCUT2D eigenvalue weighted by Gasteiger charge is 2.06. The van der Waals surface area contributed by atoms with Crippen molar-refractivity contribution in [1.82, 2.24) is 5.32 Å². The molecular weight excluding hydrogens is 301 g/mol. The SMILES string of the molecule is CC(NCc1ccc(Cl)c(Cl)c1)c1cccc(Cl)c1. The molecule has 0 spiro atoms. The summed E-state index contributed by atoms with van der Waals surface area (Å²) in [7, 11) is 0. The van der Waals surface area contributed by atoms with Crippen LogP contribution in [0.2, 0.25) is 15.1 Å². The topological polar surface area (TPSA) is 12.0 Å². The first-order chi connectivity index (χ1) is 9.06. The summed E-state index contributed by atoms with van der Waals surface area (Å²) in [4.78, 5) is 0. The van der Waals surface area contributed by atoms with Gasteiger partial charge in [0.25, 0.3) is 0 Å². The van der Waals surface area contributed by atoms with Crippen LogP contribution in [-0.2, 0) is 6.54 Å². The monoisotopic (exact) mass is 313 g/mol. The zero-order valence-corrected chi connectivity index (χ0v) is 12.7. The van der Waals surface area contributed by atoms with Crippen LogP contribution in [0.15, 0.2) is 42.5 Å². The molecule has 0 saturated carbocycles. The second kappa shape index (κ2) is 6.62. The minimum Gasteiger partial charge on any atom is -0.306 e. The van der Waals surface area contributed by atoms with Crippen molar-refractivity contribution < 1.29 is 0 Å². The number of rotatable bonds is 4. The molecule has 1 unspecified atom stereocenters. The van der Waals surface area contributed by atoms with Crippen molar-refractivity contribution in [2.45, 2.75) is 19.5 Å². The van der Waals surface area contributed by atoms with Crippen LogP contribution in [0, 0.1) is 0 Å². The molecule has 100 valence electrons. The van der Waals surface area contributed by atoms with E-state index in [9.17, 15) is 0 Å². The van der Waals surface area contributed by atoms with Crippen molar-refractivity contribution in [3.8, 4) is 0 Å². The summed E-state index contributed by atoms with van der Waals surface area (Å²) in [5.41, 5.74) is 2.26. The smallest absolute Gasteiger partial charge is 0.0595 e. The Balaban J connectivity index is 2.00. The number of hydrogen-bond donors (Lipinski definition) is 1. The molecular formula is C15H14Cl3N. The predicted octanol–water partition coefficient (Wildman–Crippen LogP) is 5.50. The van der Waals surface area contributed by atoms with Crippen LogP contribution in [-0.4, -0.2) is 0 Å². The Morgan fingerprint density at radius 3 is 2.47 bits per heavy atom. The molecule has 0 bridgehead atoms. The van der Waals surface area contributed by atoms with E-state index >= 15 is 0 Å². The fourth-order valence-corrected chi connectivity index (χ4v) is 2.33. The van der Waals surface area contributed by atoms with E-state index in [1.165, 1.54) is 0 Å². The maximum Gasteiger partial charge on any atom is 0.0595 e. The van der Waals surface area contributed by atoms with Gasteiger partial charge in [0.1, 0.15) is 0 Å². The van der Waals surface area contributed by atoms with Gasteiger partial charge in [0.2, 0.25) is 0 Å². The lowest BCUT2D eigenvalue weighted by Crippen LogP contribution is -2.18. The quantitative estimate of drug-likeness (QED) is 0.786. The van der Waals surface area contributed by atoms with Crippen molar-refractivity contribution in [3.05, 3.63) is 68.7 Å². The van der Waals surface area contributed by atoms with Crippen molar-refractivity contribution >= 4 is 34.8 Å². The van der Waals surface area contributed by atoms with E-state index < -0.39 is 0 Å². The van der Waals surface area contributed by atoms with Crippen LogP contribution < -0.4 is 5.32 Å². The van der Waals surface area contributed by atoms with E-state index in [1.807, 2.05) is 36.4 Å². The minimum atomic E-state index is 0.216. The number of hydrogen-bond acceptors (Lipinski definition) is 1. The summed E-state index contributed by atoms with van der Waals surface area (Å²) < 4.78 is 0. The Bertz CT molecular complexity index is 569. The van der Waals surface area contributed by atoms with Crippen LogP contribution >= 0.6 is 34.8 Å². The molecule has 0 aromatic heterocycles. The molecule has 0 radical (unpaired) electrons. The van der Waals surface area contributed by atoms with Gasteiger partial charge < -0.3 is 5.32 Å². The van der Waals surface area contributed by atoms with Gasteiger partial charge in [-0.15, -0.1) is 0 Å². The first kappa shape index (κ1) is 14.7.